The molecule has 2 aromatic heterocycles. The van der Waals surface area contributed by atoms with Crippen LogP contribution in [0.4, 0.5) is 10.8 Å². The molecular formula is C24H25N5O3S. The van der Waals surface area contributed by atoms with E-state index in [0.29, 0.717) is 23.8 Å². The first-order chi connectivity index (χ1) is 16.0. The van der Waals surface area contributed by atoms with E-state index < -0.39 is 0 Å². The van der Waals surface area contributed by atoms with Crippen molar-refractivity contribution in [1.29, 1.82) is 0 Å². The van der Waals surface area contributed by atoms with E-state index in [1.807, 2.05) is 56.6 Å². The predicted octanol–water partition coefficient (Wildman–Crippen LogP) is 4.53. The fourth-order valence-electron chi connectivity index (χ4n) is 3.02. The third-order valence-corrected chi connectivity index (χ3v) is 5.61. The van der Waals surface area contributed by atoms with E-state index in [-0.39, 0.29) is 5.91 Å². The summed E-state index contributed by atoms with van der Waals surface area (Å²) in [6.07, 6.45) is 1.55. The van der Waals surface area contributed by atoms with Crippen LogP contribution in [-0.2, 0) is 0 Å². The number of likely N-dealkylation sites (N-methyl/N-ethyl adjacent to an activating group) is 1. The van der Waals surface area contributed by atoms with E-state index in [4.69, 9.17) is 9.47 Å². The van der Waals surface area contributed by atoms with Gasteiger partial charge in [-0.1, -0.05) is 17.4 Å². The number of hydrogen-bond acceptors (Lipinski definition) is 8. The normalized spacial score (nSPS) is 10.9. The molecule has 4 rings (SSSR count). The molecule has 2 aromatic carbocycles. The Morgan fingerprint density at radius 3 is 2.73 bits per heavy atom. The van der Waals surface area contributed by atoms with Crippen LogP contribution in [0.1, 0.15) is 10.5 Å². The van der Waals surface area contributed by atoms with Gasteiger partial charge in [-0.2, -0.15) is 0 Å². The van der Waals surface area contributed by atoms with Crippen LogP contribution in [0.2, 0.25) is 0 Å². The summed E-state index contributed by atoms with van der Waals surface area (Å²) in [5.74, 6) is 1.74. The van der Waals surface area contributed by atoms with Crippen molar-refractivity contribution in [2.75, 3.05) is 39.6 Å². The van der Waals surface area contributed by atoms with Crippen molar-refractivity contribution in [3.8, 4) is 17.2 Å². The number of anilines is 2. The minimum absolute atomic E-state index is 0.263. The Kier molecular flexibility index (Phi) is 7.01. The number of amides is 1. The molecule has 0 saturated heterocycles. The summed E-state index contributed by atoms with van der Waals surface area (Å²) in [5.41, 5.74) is 2.08. The second-order valence-electron chi connectivity index (χ2n) is 7.51. The Balaban J connectivity index is 1.46. The third-order valence-electron chi connectivity index (χ3n) is 4.68. The van der Waals surface area contributed by atoms with Crippen molar-refractivity contribution in [1.82, 2.24) is 20.2 Å². The van der Waals surface area contributed by atoms with Crippen molar-refractivity contribution >= 4 is 38.3 Å². The second-order valence-corrected chi connectivity index (χ2v) is 8.54. The molecule has 0 aliphatic heterocycles. The number of carbonyl (C=O) groups is 1. The average molecular weight is 464 g/mol. The first kappa shape index (κ1) is 22.5. The highest BCUT2D eigenvalue weighted by molar-refractivity contribution is 7.22. The van der Waals surface area contributed by atoms with E-state index in [0.717, 1.165) is 33.3 Å². The van der Waals surface area contributed by atoms with Crippen LogP contribution >= 0.6 is 11.3 Å². The second kappa shape index (κ2) is 10.3. The number of pyridine rings is 1. The Labute approximate surface area is 196 Å². The summed E-state index contributed by atoms with van der Waals surface area (Å²) < 4.78 is 12.7. The molecular weight excluding hydrogens is 438 g/mol. The average Bonchev–Trinajstić information content (AvgIpc) is 3.20. The minimum atomic E-state index is -0.263. The van der Waals surface area contributed by atoms with Gasteiger partial charge in [0.15, 0.2) is 5.13 Å². The molecule has 0 radical (unpaired) electrons. The van der Waals surface area contributed by atoms with Crippen LogP contribution in [0.25, 0.3) is 10.2 Å². The monoisotopic (exact) mass is 463 g/mol. The SMILES string of the molecule is CNC(=O)c1cc(Oc2ccc3nc(Nc4cccc(OCCN(C)C)c4)sc3c2)ccn1. The molecule has 0 fully saturated rings. The lowest BCUT2D eigenvalue weighted by Gasteiger charge is -2.11. The minimum Gasteiger partial charge on any atom is -0.492 e. The number of ether oxygens (including phenoxy) is 2. The topological polar surface area (TPSA) is 88.6 Å². The van der Waals surface area contributed by atoms with Gasteiger partial charge in [-0.05, 0) is 44.4 Å². The first-order valence-electron chi connectivity index (χ1n) is 10.4. The molecule has 2 N–H and O–H groups in total. The molecule has 8 nitrogen and oxygen atoms in total. The number of benzene rings is 2. The molecule has 0 bridgehead atoms. The highest BCUT2D eigenvalue weighted by atomic mass is 32.1. The van der Waals surface area contributed by atoms with Gasteiger partial charge in [0.25, 0.3) is 5.91 Å². The number of rotatable bonds is 9. The third kappa shape index (κ3) is 5.97. The van der Waals surface area contributed by atoms with E-state index in [1.165, 1.54) is 11.3 Å². The van der Waals surface area contributed by atoms with Crippen LogP contribution in [0.5, 0.6) is 17.2 Å². The number of nitrogens with zero attached hydrogens (tertiary/aromatic N) is 3. The zero-order valence-electron chi connectivity index (χ0n) is 18.7. The van der Waals surface area contributed by atoms with Crippen molar-refractivity contribution in [2.24, 2.45) is 0 Å². The Morgan fingerprint density at radius 1 is 1.06 bits per heavy atom. The highest BCUT2D eigenvalue weighted by Crippen LogP contribution is 2.33. The molecule has 1 amide bonds. The predicted molar refractivity (Wildman–Crippen MR) is 131 cm³/mol. The summed E-state index contributed by atoms with van der Waals surface area (Å²) in [4.78, 5) is 22.6. The first-order valence-corrected chi connectivity index (χ1v) is 11.2. The van der Waals surface area contributed by atoms with Crippen LogP contribution in [0.3, 0.4) is 0 Å². The number of hydrogen-bond donors (Lipinski definition) is 2. The van der Waals surface area contributed by atoms with Gasteiger partial charge in [0.2, 0.25) is 0 Å². The fourth-order valence-corrected chi connectivity index (χ4v) is 3.93. The number of thiazole rings is 1. The zero-order chi connectivity index (χ0) is 23.2. The van der Waals surface area contributed by atoms with Gasteiger partial charge in [0, 0.05) is 43.7 Å². The maximum atomic E-state index is 11.8. The maximum Gasteiger partial charge on any atom is 0.269 e. The number of nitrogens with one attached hydrogen (secondary N) is 2. The molecule has 0 aliphatic carbocycles. The van der Waals surface area contributed by atoms with Gasteiger partial charge >= 0.3 is 0 Å². The van der Waals surface area contributed by atoms with Crippen molar-refractivity contribution in [3.05, 3.63) is 66.5 Å². The number of aromatic nitrogens is 2. The van der Waals surface area contributed by atoms with Crippen LogP contribution in [0.15, 0.2) is 60.8 Å². The summed E-state index contributed by atoms with van der Waals surface area (Å²) in [7, 11) is 5.60. The van der Waals surface area contributed by atoms with Gasteiger partial charge in [-0.15, -0.1) is 0 Å². The Hall–Kier alpha value is -3.69. The molecule has 0 atom stereocenters. The molecule has 9 heteroatoms. The summed E-state index contributed by atoms with van der Waals surface area (Å²) in [6, 6.07) is 16.8. The van der Waals surface area contributed by atoms with Gasteiger partial charge in [0.1, 0.15) is 29.5 Å². The molecule has 33 heavy (non-hydrogen) atoms. The molecule has 2 heterocycles. The lowest BCUT2D eigenvalue weighted by atomic mass is 10.3. The van der Waals surface area contributed by atoms with Gasteiger partial charge in [0.05, 0.1) is 10.2 Å². The van der Waals surface area contributed by atoms with E-state index in [1.54, 1.807) is 25.4 Å². The van der Waals surface area contributed by atoms with E-state index in [9.17, 15) is 4.79 Å². The fraction of sp³-hybridized carbons (Fsp3) is 0.208. The highest BCUT2D eigenvalue weighted by Gasteiger charge is 2.09. The summed E-state index contributed by atoms with van der Waals surface area (Å²) >= 11 is 1.53. The van der Waals surface area contributed by atoms with Gasteiger partial charge in [-0.3, -0.25) is 9.78 Å². The smallest absolute Gasteiger partial charge is 0.269 e. The molecule has 4 aromatic rings. The molecule has 0 aliphatic rings. The molecule has 170 valence electrons. The summed E-state index contributed by atoms with van der Waals surface area (Å²) in [6.45, 7) is 1.48. The molecule has 0 saturated carbocycles. The number of fused-ring (bicyclic) bond motifs is 1. The Morgan fingerprint density at radius 2 is 1.91 bits per heavy atom. The molecule has 0 spiro atoms. The largest absolute Gasteiger partial charge is 0.492 e. The maximum absolute atomic E-state index is 11.8. The standard InChI is InChI=1S/C24H25N5O3S/c1-25-23(30)21-14-19(9-10-26-21)32-18-7-8-20-22(15-18)33-24(28-20)27-16-5-4-6-17(13-16)31-12-11-29(2)3/h4-10,13-15H,11-12H2,1-3H3,(H,25,30)(H,27,28). The lowest BCUT2D eigenvalue weighted by molar-refractivity contribution is 0.0958. The van der Waals surface area contributed by atoms with Crippen molar-refractivity contribution in [2.45, 2.75) is 0 Å². The van der Waals surface area contributed by atoms with E-state index in [2.05, 4.69) is 25.5 Å². The van der Waals surface area contributed by atoms with Crippen molar-refractivity contribution in [3.63, 3.8) is 0 Å². The Bertz CT molecular complexity index is 1260. The van der Waals surface area contributed by atoms with Gasteiger partial charge < -0.3 is 25.0 Å². The van der Waals surface area contributed by atoms with Gasteiger partial charge in [-0.25, -0.2) is 4.98 Å². The number of carbonyl (C=O) groups excluding carboxylic acids is 1. The van der Waals surface area contributed by atoms with Crippen LogP contribution in [0, 0.1) is 0 Å². The van der Waals surface area contributed by atoms with Crippen LogP contribution in [-0.4, -0.2) is 55.1 Å². The zero-order valence-corrected chi connectivity index (χ0v) is 19.5. The van der Waals surface area contributed by atoms with Crippen LogP contribution < -0.4 is 20.1 Å². The van der Waals surface area contributed by atoms with Crippen molar-refractivity contribution < 1.29 is 14.3 Å². The van der Waals surface area contributed by atoms with E-state index >= 15 is 0 Å². The summed E-state index contributed by atoms with van der Waals surface area (Å²) in [5, 5.41) is 6.68. The quantitative estimate of drug-likeness (QED) is 0.377. The molecule has 0 unspecified atom stereocenters. The lowest BCUT2D eigenvalue weighted by Crippen LogP contribution is -2.19.